The Morgan fingerprint density at radius 1 is 0.941 bits per heavy atom. The Balaban J connectivity index is 1.12. The van der Waals surface area contributed by atoms with E-state index in [9.17, 15) is 4.79 Å². The van der Waals surface area contributed by atoms with Crippen LogP contribution in [0.5, 0.6) is 0 Å². The zero-order valence-corrected chi connectivity index (χ0v) is 18.8. The SMILES string of the molecule is O=C(OCC1c2ccccc2-c2ccccc21)N1C2C=C(c3cccc4nccn34)CC1CC2. The molecule has 2 aromatic heterocycles. The van der Waals surface area contributed by atoms with Crippen molar-refractivity contribution < 1.29 is 9.53 Å². The standard InChI is InChI=1S/C29H25N3O2/c33-29(34-18-26-24-8-3-1-6-22(24)23-7-2-4-9-25(23)26)32-20-12-13-21(32)17-19(16-20)27-10-5-11-28-30-14-15-31(27)28/h1-11,14-16,20-21,26H,12-13,17-18H2. The van der Waals surface area contributed by atoms with Crippen LogP contribution in [0.2, 0.25) is 0 Å². The highest BCUT2D eigenvalue weighted by Crippen LogP contribution is 2.45. The van der Waals surface area contributed by atoms with Gasteiger partial charge in [0.1, 0.15) is 12.3 Å². The highest BCUT2D eigenvalue weighted by atomic mass is 16.6. The number of nitrogens with zero attached hydrogens (tertiary/aromatic N) is 3. The summed E-state index contributed by atoms with van der Waals surface area (Å²) in [5, 5.41) is 0. The first kappa shape index (κ1) is 19.6. The molecule has 3 aliphatic rings. The molecule has 4 aromatic rings. The fourth-order valence-electron chi connectivity index (χ4n) is 6.18. The monoisotopic (exact) mass is 447 g/mol. The molecular formula is C29H25N3O2. The number of carbonyl (C=O) groups excluding carboxylic acids is 1. The van der Waals surface area contributed by atoms with Gasteiger partial charge in [-0.15, -0.1) is 0 Å². The smallest absolute Gasteiger partial charge is 0.410 e. The maximum atomic E-state index is 13.3. The van der Waals surface area contributed by atoms with E-state index in [2.05, 4.69) is 76.1 Å². The van der Waals surface area contributed by atoms with Gasteiger partial charge in [0.15, 0.2) is 0 Å². The molecule has 2 unspecified atom stereocenters. The Morgan fingerprint density at radius 2 is 1.71 bits per heavy atom. The van der Waals surface area contributed by atoms with Crippen LogP contribution in [-0.4, -0.2) is 39.1 Å². The van der Waals surface area contributed by atoms with E-state index in [0.29, 0.717) is 6.61 Å². The largest absolute Gasteiger partial charge is 0.448 e. The Bertz CT molecular complexity index is 1410. The fourth-order valence-corrected chi connectivity index (χ4v) is 6.18. The Hall–Kier alpha value is -3.86. The quantitative estimate of drug-likeness (QED) is 0.393. The number of aromatic nitrogens is 2. The average molecular weight is 448 g/mol. The van der Waals surface area contributed by atoms with Gasteiger partial charge in [-0.3, -0.25) is 4.90 Å². The third kappa shape index (κ3) is 2.93. The van der Waals surface area contributed by atoms with Gasteiger partial charge in [0.05, 0.1) is 11.7 Å². The Labute approximate surface area is 198 Å². The van der Waals surface area contributed by atoms with Crippen molar-refractivity contribution in [2.75, 3.05) is 6.61 Å². The second-order valence-corrected chi connectivity index (χ2v) is 9.47. The molecule has 1 saturated heterocycles. The van der Waals surface area contributed by atoms with Gasteiger partial charge in [-0.25, -0.2) is 9.78 Å². The molecule has 7 rings (SSSR count). The van der Waals surface area contributed by atoms with E-state index in [-0.39, 0.29) is 24.1 Å². The number of carbonyl (C=O) groups is 1. The minimum absolute atomic E-state index is 0.0863. The lowest BCUT2D eigenvalue weighted by atomic mass is 9.97. The number of pyridine rings is 1. The number of rotatable bonds is 3. The molecule has 5 nitrogen and oxygen atoms in total. The fraction of sp³-hybridized carbons (Fsp3) is 0.241. The van der Waals surface area contributed by atoms with Gasteiger partial charge in [0.25, 0.3) is 0 Å². The summed E-state index contributed by atoms with van der Waals surface area (Å²) in [7, 11) is 0. The summed E-state index contributed by atoms with van der Waals surface area (Å²) in [6.07, 6.45) is 8.75. The summed E-state index contributed by atoms with van der Waals surface area (Å²) in [5.41, 5.74) is 8.39. The normalized spacial score (nSPS) is 20.8. The second-order valence-electron chi connectivity index (χ2n) is 9.47. The highest BCUT2D eigenvalue weighted by Gasteiger charge is 2.41. The lowest BCUT2D eigenvalue weighted by Gasteiger charge is -2.33. The lowest BCUT2D eigenvalue weighted by Crippen LogP contribution is -2.43. The molecule has 1 amide bonds. The van der Waals surface area contributed by atoms with E-state index in [1.54, 1.807) is 0 Å². The van der Waals surface area contributed by atoms with Crippen molar-refractivity contribution in [3.05, 3.63) is 102 Å². The van der Waals surface area contributed by atoms with Crippen LogP contribution in [0, 0.1) is 0 Å². The molecule has 34 heavy (non-hydrogen) atoms. The molecule has 2 aromatic carbocycles. The Kier molecular flexibility index (Phi) is 4.37. The van der Waals surface area contributed by atoms with E-state index >= 15 is 0 Å². The van der Waals surface area contributed by atoms with Crippen LogP contribution in [0.3, 0.4) is 0 Å². The molecule has 2 aliphatic heterocycles. The summed E-state index contributed by atoms with van der Waals surface area (Å²) < 4.78 is 8.13. The van der Waals surface area contributed by atoms with Gasteiger partial charge >= 0.3 is 6.09 Å². The predicted octanol–water partition coefficient (Wildman–Crippen LogP) is 5.90. The molecule has 0 saturated carbocycles. The minimum Gasteiger partial charge on any atom is -0.448 e. The first-order chi connectivity index (χ1) is 16.8. The third-order valence-electron chi connectivity index (χ3n) is 7.70. The molecule has 168 valence electrons. The number of benzene rings is 2. The van der Waals surface area contributed by atoms with Gasteiger partial charge < -0.3 is 9.14 Å². The van der Waals surface area contributed by atoms with Crippen LogP contribution in [0.15, 0.2) is 85.2 Å². The van der Waals surface area contributed by atoms with E-state index in [0.717, 1.165) is 24.9 Å². The van der Waals surface area contributed by atoms with E-state index in [1.807, 2.05) is 23.4 Å². The molecule has 2 bridgehead atoms. The topological polar surface area (TPSA) is 46.8 Å². The van der Waals surface area contributed by atoms with Crippen molar-refractivity contribution in [2.24, 2.45) is 0 Å². The number of hydrogen-bond donors (Lipinski definition) is 0. The van der Waals surface area contributed by atoms with Crippen molar-refractivity contribution in [2.45, 2.75) is 37.3 Å². The lowest BCUT2D eigenvalue weighted by molar-refractivity contribution is 0.0866. The maximum Gasteiger partial charge on any atom is 0.410 e. The summed E-state index contributed by atoms with van der Waals surface area (Å²) in [5.74, 6) is 0.0868. The molecule has 1 fully saturated rings. The molecule has 2 atom stereocenters. The van der Waals surface area contributed by atoms with Gasteiger partial charge in [0, 0.05) is 24.4 Å². The van der Waals surface area contributed by atoms with E-state index < -0.39 is 0 Å². The molecular weight excluding hydrogens is 422 g/mol. The predicted molar refractivity (Wildman–Crippen MR) is 132 cm³/mol. The van der Waals surface area contributed by atoms with Crippen LogP contribution in [0.1, 0.15) is 42.0 Å². The van der Waals surface area contributed by atoms with Crippen molar-refractivity contribution in [1.29, 1.82) is 0 Å². The summed E-state index contributed by atoms with van der Waals surface area (Å²) in [4.78, 5) is 19.7. The average Bonchev–Trinajstić information content (AvgIpc) is 3.55. The summed E-state index contributed by atoms with van der Waals surface area (Å²) in [6, 6.07) is 23.4. The van der Waals surface area contributed by atoms with Gasteiger partial charge in [-0.2, -0.15) is 0 Å². The minimum atomic E-state index is -0.189. The highest BCUT2D eigenvalue weighted by molar-refractivity contribution is 5.79. The Morgan fingerprint density at radius 3 is 2.47 bits per heavy atom. The van der Waals surface area contributed by atoms with Gasteiger partial charge in [0.2, 0.25) is 0 Å². The van der Waals surface area contributed by atoms with E-state index in [1.165, 1.54) is 33.5 Å². The van der Waals surface area contributed by atoms with Crippen molar-refractivity contribution in [3.63, 3.8) is 0 Å². The van der Waals surface area contributed by atoms with Crippen molar-refractivity contribution in [1.82, 2.24) is 14.3 Å². The molecule has 0 N–H and O–H groups in total. The molecule has 1 aliphatic carbocycles. The number of imidazole rings is 1. The van der Waals surface area contributed by atoms with Crippen molar-refractivity contribution in [3.8, 4) is 11.1 Å². The van der Waals surface area contributed by atoms with Crippen LogP contribution in [-0.2, 0) is 4.74 Å². The number of amides is 1. The zero-order chi connectivity index (χ0) is 22.6. The maximum absolute atomic E-state index is 13.3. The van der Waals surface area contributed by atoms with Gasteiger partial charge in [-0.05, 0) is 59.2 Å². The van der Waals surface area contributed by atoms with Crippen LogP contribution < -0.4 is 0 Å². The van der Waals surface area contributed by atoms with E-state index in [4.69, 9.17) is 4.74 Å². The molecule has 0 radical (unpaired) electrons. The van der Waals surface area contributed by atoms with Crippen molar-refractivity contribution >= 4 is 17.3 Å². The molecule has 0 spiro atoms. The van der Waals surface area contributed by atoms with Gasteiger partial charge in [-0.1, -0.05) is 60.7 Å². The number of hydrogen-bond acceptors (Lipinski definition) is 3. The molecule has 5 heteroatoms. The van der Waals surface area contributed by atoms with Crippen LogP contribution >= 0.6 is 0 Å². The number of fused-ring (bicyclic) bond motifs is 6. The molecule has 4 heterocycles. The second kappa shape index (κ2) is 7.59. The summed E-state index contributed by atoms with van der Waals surface area (Å²) >= 11 is 0. The number of ether oxygens (including phenoxy) is 1. The first-order valence-electron chi connectivity index (χ1n) is 12.0. The third-order valence-corrected chi connectivity index (χ3v) is 7.70. The summed E-state index contributed by atoms with van der Waals surface area (Å²) in [6.45, 7) is 0.369. The zero-order valence-electron chi connectivity index (χ0n) is 18.8. The van der Waals surface area contributed by atoms with Crippen LogP contribution in [0.4, 0.5) is 4.79 Å². The first-order valence-corrected chi connectivity index (χ1v) is 12.0. The van der Waals surface area contributed by atoms with Crippen LogP contribution in [0.25, 0.3) is 22.3 Å².